The molecular formula is C11H14FNO. The van der Waals surface area contributed by atoms with Crippen molar-refractivity contribution in [1.29, 1.82) is 0 Å². The van der Waals surface area contributed by atoms with E-state index in [9.17, 15) is 4.39 Å². The molecule has 0 radical (unpaired) electrons. The van der Waals surface area contributed by atoms with Crippen LogP contribution in [0.25, 0.3) is 0 Å². The molecule has 3 heteroatoms. The summed E-state index contributed by atoms with van der Waals surface area (Å²) in [5.41, 5.74) is 1.08. The third-order valence-electron chi connectivity index (χ3n) is 2.41. The van der Waals surface area contributed by atoms with Crippen molar-refractivity contribution in [2.45, 2.75) is 19.0 Å². The second kappa shape index (κ2) is 4.07. The lowest BCUT2D eigenvalue weighted by Gasteiger charge is -2.29. The Balaban J connectivity index is 2.10. The minimum atomic E-state index is -0.196. The molecule has 0 spiro atoms. The molecule has 14 heavy (non-hydrogen) atoms. The van der Waals surface area contributed by atoms with Gasteiger partial charge in [0.1, 0.15) is 5.82 Å². The predicted octanol–water partition coefficient (Wildman–Crippen LogP) is 1.88. The molecule has 0 saturated carbocycles. The van der Waals surface area contributed by atoms with E-state index in [4.69, 9.17) is 4.74 Å². The number of rotatable bonds is 1. The molecule has 2 unspecified atom stereocenters. The van der Waals surface area contributed by atoms with E-state index in [0.29, 0.717) is 12.6 Å². The summed E-state index contributed by atoms with van der Waals surface area (Å²) in [6.45, 7) is 3.49. The number of nitrogens with one attached hydrogen (secondary N) is 1. The molecular weight excluding hydrogens is 181 g/mol. The van der Waals surface area contributed by atoms with Crippen LogP contribution >= 0.6 is 0 Å². The molecule has 1 saturated heterocycles. The monoisotopic (exact) mass is 195 g/mol. The Kier molecular flexibility index (Phi) is 2.79. The van der Waals surface area contributed by atoms with Gasteiger partial charge in [-0.1, -0.05) is 12.1 Å². The van der Waals surface area contributed by atoms with Crippen LogP contribution in [-0.2, 0) is 4.74 Å². The number of hydrogen-bond acceptors (Lipinski definition) is 2. The molecule has 1 aliphatic rings. The Morgan fingerprint density at radius 3 is 2.64 bits per heavy atom. The van der Waals surface area contributed by atoms with Crippen LogP contribution in [0.15, 0.2) is 24.3 Å². The van der Waals surface area contributed by atoms with E-state index in [1.807, 2.05) is 0 Å². The molecule has 1 heterocycles. The third-order valence-corrected chi connectivity index (χ3v) is 2.41. The van der Waals surface area contributed by atoms with Crippen LogP contribution < -0.4 is 5.32 Å². The van der Waals surface area contributed by atoms with Gasteiger partial charge in [-0.25, -0.2) is 4.39 Å². The van der Waals surface area contributed by atoms with Crippen molar-refractivity contribution in [1.82, 2.24) is 5.32 Å². The molecule has 76 valence electrons. The van der Waals surface area contributed by atoms with Gasteiger partial charge in [0.25, 0.3) is 0 Å². The molecule has 0 bridgehead atoms. The van der Waals surface area contributed by atoms with Crippen molar-refractivity contribution in [3.8, 4) is 0 Å². The maximum atomic E-state index is 12.7. The largest absolute Gasteiger partial charge is 0.378 e. The Morgan fingerprint density at radius 2 is 2.00 bits per heavy atom. The van der Waals surface area contributed by atoms with Crippen LogP contribution in [0.5, 0.6) is 0 Å². The first-order valence-electron chi connectivity index (χ1n) is 4.85. The van der Waals surface area contributed by atoms with Crippen LogP contribution in [0.1, 0.15) is 18.5 Å². The SMILES string of the molecule is CC1COCC(c2ccc(F)cc2)N1. The summed E-state index contributed by atoms with van der Waals surface area (Å²) < 4.78 is 18.1. The summed E-state index contributed by atoms with van der Waals surface area (Å²) in [6.07, 6.45) is 0. The normalized spacial score (nSPS) is 27.6. The standard InChI is InChI=1S/C11H14FNO/c1-8-6-14-7-11(13-8)9-2-4-10(12)5-3-9/h2-5,8,11,13H,6-7H2,1H3. The highest BCUT2D eigenvalue weighted by Gasteiger charge is 2.19. The quantitative estimate of drug-likeness (QED) is 0.738. The lowest BCUT2D eigenvalue weighted by Crippen LogP contribution is -2.41. The first kappa shape index (κ1) is 9.62. The first-order valence-corrected chi connectivity index (χ1v) is 4.85. The van der Waals surface area contributed by atoms with Crippen molar-refractivity contribution in [2.24, 2.45) is 0 Å². The summed E-state index contributed by atoms with van der Waals surface area (Å²) in [4.78, 5) is 0. The second-order valence-corrected chi connectivity index (χ2v) is 3.71. The maximum Gasteiger partial charge on any atom is 0.123 e. The topological polar surface area (TPSA) is 21.3 Å². The van der Waals surface area contributed by atoms with E-state index in [0.717, 1.165) is 12.2 Å². The maximum absolute atomic E-state index is 12.7. The van der Waals surface area contributed by atoms with Crippen molar-refractivity contribution >= 4 is 0 Å². The average Bonchev–Trinajstić information content (AvgIpc) is 2.19. The summed E-state index contributed by atoms with van der Waals surface area (Å²) in [5, 5.41) is 3.40. The lowest BCUT2D eigenvalue weighted by molar-refractivity contribution is 0.0504. The van der Waals surface area contributed by atoms with Gasteiger partial charge in [-0.3, -0.25) is 0 Å². The van der Waals surface area contributed by atoms with Crippen LogP contribution in [0.4, 0.5) is 4.39 Å². The number of benzene rings is 1. The minimum Gasteiger partial charge on any atom is -0.378 e. The molecule has 2 nitrogen and oxygen atoms in total. The smallest absolute Gasteiger partial charge is 0.123 e. The van der Waals surface area contributed by atoms with Gasteiger partial charge in [-0.15, -0.1) is 0 Å². The summed E-state index contributed by atoms with van der Waals surface area (Å²) >= 11 is 0. The van der Waals surface area contributed by atoms with Gasteiger partial charge in [0.15, 0.2) is 0 Å². The fourth-order valence-electron chi connectivity index (χ4n) is 1.69. The van der Waals surface area contributed by atoms with Gasteiger partial charge < -0.3 is 10.1 Å². The summed E-state index contributed by atoms with van der Waals surface area (Å²) in [6, 6.07) is 7.12. The van der Waals surface area contributed by atoms with Crippen LogP contribution in [0, 0.1) is 5.82 Å². The molecule has 1 fully saturated rings. The van der Waals surface area contributed by atoms with Gasteiger partial charge in [-0.2, -0.15) is 0 Å². The Morgan fingerprint density at radius 1 is 1.29 bits per heavy atom. The summed E-state index contributed by atoms with van der Waals surface area (Å²) in [5.74, 6) is -0.196. The molecule has 1 aromatic carbocycles. The van der Waals surface area contributed by atoms with E-state index in [1.54, 1.807) is 12.1 Å². The Bertz CT molecular complexity index is 299. The average molecular weight is 195 g/mol. The van der Waals surface area contributed by atoms with E-state index < -0.39 is 0 Å². The Hall–Kier alpha value is -0.930. The van der Waals surface area contributed by atoms with Gasteiger partial charge in [0.2, 0.25) is 0 Å². The zero-order valence-electron chi connectivity index (χ0n) is 8.16. The van der Waals surface area contributed by atoms with Crippen LogP contribution in [-0.4, -0.2) is 19.3 Å². The predicted molar refractivity (Wildman–Crippen MR) is 52.6 cm³/mol. The van der Waals surface area contributed by atoms with E-state index >= 15 is 0 Å². The Labute approximate surface area is 83.1 Å². The highest BCUT2D eigenvalue weighted by Crippen LogP contribution is 2.17. The molecule has 0 aromatic heterocycles. The number of halogens is 1. The van der Waals surface area contributed by atoms with Gasteiger partial charge >= 0.3 is 0 Å². The van der Waals surface area contributed by atoms with Crippen LogP contribution in [0.2, 0.25) is 0 Å². The van der Waals surface area contributed by atoms with E-state index in [-0.39, 0.29) is 11.9 Å². The molecule has 1 aromatic rings. The number of hydrogen-bond donors (Lipinski definition) is 1. The first-order chi connectivity index (χ1) is 6.75. The summed E-state index contributed by atoms with van der Waals surface area (Å²) in [7, 11) is 0. The van der Waals surface area contributed by atoms with Crippen molar-refractivity contribution in [2.75, 3.05) is 13.2 Å². The van der Waals surface area contributed by atoms with Crippen molar-refractivity contribution < 1.29 is 9.13 Å². The molecule has 2 atom stereocenters. The molecule has 0 aliphatic carbocycles. The van der Waals surface area contributed by atoms with Crippen molar-refractivity contribution in [3.63, 3.8) is 0 Å². The number of morpholine rings is 1. The number of ether oxygens (including phenoxy) is 1. The van der Waals surface area contributed by atoms with E-state index in [1.165, 1.54) is 12.1 Å². The molecule has 0 amide bonds. The molecule has 1 N–H and O–H groups in total. The van der Waals surface area contributed by atoms with Crippen LogP contribution in [0.3, 0.4) is 0 Å². The molecule has 1 aliphatic heterocycles. The third kappa shape index (κ3) is 2.11. The van der Waals surface area contributed by atoms with Gasteiger partial charge in [0.05, 0.1) is 19.3 Å². The lowest BCUT2D eigenvalue weighted by atomic mass is 10.1. The van der Waals surface area contributed by atoms with Gasteiger partial charge in [0, 0.05) is 6.04 Å². The van der Waals surface area contributed by atoms with Crippen molar-refractivity contribution in [3.05, 3.63) is 35.6 Å². The van der Waals surface area contributed by atoms with Gasteiger partial charge in [-0.05, 0) is 24.6 Å². The fraction of sp³-hybridized carbons (Fsp3) is 0.455. The fourth-order valence-corrected chi connectivity index (χ4v) is 1.69. The second-order valence-electron chi connectivity index (χ2n) is 3.71. The zero-order valence-corrected chi connectivity index (χ0v) is 8.16. The van der Waals surface area contributed by atoms with E-state index in [2.05, 4.69) is 12.2 Å². The highest BCUT2D eigenvalue weighted by atomic mass is 19.1. The molecule has 2 rings (SSSR count). The minimum absolute atomic E-state index is 0.194. The zero-order chi connectivity index (χ0) is 9.97. The highest BCUT2D eigenvalue weighted by molar-refractivity contribution is 5.20.